The number of aromatic carboxylic acids is 1. The van der Waals surface area contributed by atoms with Crippen molar-refractivity contribution in [3.8, 4) is 0 Å². The molecule has 0 saturated heterocycles. The fraction of sp³-hybridized carbons (Fsp3) is 0.188. The molecule has 0 bridgehead atoms. The van der Waals surface area contributed by atoms with E-state index in [9.17, 15) is 4.79 Å². The zero-order chi connectivity index (χ0) is 15.2. The number of nitrogens with zero attached hydrogens (tertiary/aromatic N) is 2. The molecule has 0 amide bonds. The second-order valence-corrected chi connectivity index (χ2v) is 6.36. The third-order valence-corrected chi connectivity index (χ3v) is 3.62. The van der Waals surface area contributed by atoms with Crippen molar-refractivity contribution in [1.82, 2.24) is 0 Å². The zero-order valence-electron chi connectivity index (χ0n) is 11.9. The average molecular weight is 300 g/mol. The second kappa shape index (κ2) is 7.04. The fourth-order valence-corrected chi connectivity index (χ4v) is 2.49. The predicted octanol–water partition coefficient (Wildman–Crippen LogP) is 5.30. The first-order valence-corrected chi connectivity index (χ1v) is 7.44. The Labute approximate surface area is 127 Å². The Morgan fingerprint density at radius 1 is 0.952 bits per heavy atom. The van der Waals surface area contributed by atoms with E-state index in [0.29, 0.717) is 10.9 Å². The van der Waals surface area contributed by atoms with Crippen molar-refractivity contribution in [1.29, 1.82) is 0 Å². The molecule has 0 heterocycles. The van der Waals surface area contributed by atoms with Gasteiger partial charge in [0.1, 0.15) is 0 Å². The van der Waals surface area contributed by atoms with E-state index in [1.165, 1.54) is 17.0 Å². The maximum absolute atomic E-state index is 10.7. The second-order valence-electron chi connectivity index (χ2n) is 4.71. The lowest BCUT2D eigenvalue weighted by Crippen LogP contribution is -1.93. The topological polar surface area (TPSA) is 62.0 Å². The number of rotatable bonds is 5. The maximum atomic E-state index is 10.7. The van der Waals surface area contributed by atoms with Crippen LogP contribution in [0.1, 0.15) is 24.2 Å². The lowest BCUT2D eigenvalue weighted by atomic mass is 10.2. The highest BCUT2D eigenvalue weighted by molar-refractivity contribution is 7.99. The van der Waals surface area contributed by atoms with E-state index in [1.54, 1.807) is 23.9 Å². The van der Waals surface area contributed by atoms with Gasteiger partial charge in [-0.3, -0.25) is 0 Å². The maximum Gasteiger partial charge on any atom is 0.335 e. The van der Waals surface area contributed by atoms with Crippen molar-refractivity contribution in [2.45, 2.75) is 24.0 Å². The van der Waals surface area contributed by atoms with Crippen LogP contribution in [-0.2, 0) is 0 Å². The molecular weight excluding hydrogens is 284 g/mol. The number of carboxylic acids is 1. The minimum Gasteiger partial charge on any atom is -0.478 e. The molecule has 0 aliphatic rings. The van der Waals surface area contributed by atoms with Crippen LogP contribution in [0.15, 0.2) is 63.7 Å². The Bertz CT molecular complexity index is 634. The van der Waals surface area contributed by atoms with Crippen LogP contribution in [0.4, 0.5) is 11.4 Å². The average Bonchev–Trinajstić information content (AvgIpc) is 2.46. The SMILES string of the molecule is CC(C)Sc1ccc(/N=N/c2ccc(C(=O)O)cc2)cc1. The molecule has 108 valence electrons. The minimum atomic E-state index is -0.947. The van der Waals surface area contributed by atoms with Gasteiger partial charge in [0.2, 0.25) is 0 Å². The Morgan fingerprint density at radius 2 is 1.43 bits per heavy atom. The highest BCUT2D eigenvalue weighted by Crippen LogP contribution is 2.26. The van der Waals surface area contributed by atoms with Gasteiger partial charge in [-0.05, 0) is 48.5 Å². The molecule has 0 fully saturated rings. The van der Waals surface area contributed by atoms with Crippen molar-refractivity contribution in [3.05, 3.63) is 54.1 Å². The monoisotopic (exact) mass is 300 g/mol. The number of azo groups is 1. The number of carbonyl (C=O) groups is 1. The van der Waals surface area contributed by atoms with E-state index in [0.717, 1.165) is 5.69 Å². The van der Waals surface area contributed by atoms with Crippen LogP contribution < -0.4 is 0 Å². The third kappa shape index (κ3) is 4.72. The van der Waals surface area contributed by atoms with Gasteiger partial charge in [0.25, 0.3) is 0 Å². The normalized spacial score (nSPS) is 11.2. The van der Waals surface area contributed by atoms with Gasteiger partial charge in [-0.25, -0.2) is 4.79 Å². The summed E-state index contributed by atoms with van der Waals surface area (Å²) in [6.45, 7) is 4.30. The molecule has 2 aromatic carbocycles. The van der Waals surface area contributed by atoms with E-state index in [2.05, 4.69) is 24.1 Å². The Morgan fingerprint density at radius 3 is 1.86 bits per heavy atom. The van der Waals surface area contributed by atoms with E-state index in [4.69, 9.17) is 5.11 Å². The van der Waals surface area contributed by atoms with E-state index in [1.807, 2.05) is 24.3 Å². The molecule has 5 heteroatoms. The van der Waals surface area contributed by atoms with Gasteiger partial charge in [0.15, 0.2) is 0 Å². The molecule has 0 aliphatic heterocycles. The molecule has 0 unspecified atom stereocenters. The minimum absolute atomic E-state index is 0.240. The molecule has 2 rings (SSSR count). The van der Waals surface area contributed by atoms with Crippen molar-refractivity contribution in [3.63, 3.8) is 0 Å². The summed E-state index contributed by atoms with van der Waals surface area (Å²) in [5.41, 5.74) is 1.63. The fourth-order valence-electron chi connectivity index (χ4n) is 1.65. The Kier molecular flexibility index (Phi) is 5.11. The number of hydrogen-bond donors (Lipinski definition) is 1. The van der Waals surface area contributed by atoms with Gasteiger partial charge in [-0.2, -0.15) is 10.2 Å². The van der Waals surface area contributed by atoms with Crippen molar-refractivity contribution in [2.75, 3.05) is 0 Å². The van der Waals surface area contributed by atoms with Gasteiger partial charge in [0, 0.05) is 10.1 Å². The summed E-state index contributed by atoms with van der Waals surface area (Å²) in [6, 6.07) is 14.2. The summed E-state index contributed by atoms with van der Waals surface area (Å²) >= 11 is 1.80. The summed E-state index contributed by atoms with van der Waals surface area (Å²) in [5.74, 6) is -0.947. The highest BCUT2D eigenvalue weighted by atomic mass is 32.2. The van der Waals surface area contributed by atoms with Gasteiger partial charge in [-0.15, -0.1) is 11.8 Å². The number of hydrogen-bond acceptors (Lipinski definition) is 4. The van der Waals surface area contributed by atoms with E-state index >= 15 is 0 Å². The van der Waals surface area contributed by atoms with Gasteiger partial charge < -0.3 is 5.11 Å². The standard InChI is InChI=1S/C16H16N2O2S/c1-11(2)21-15-9-7-14(8-10-15)18-17-13-5-3-12(4-6-13)16(19)20/h3-11H,1-2H3,(H,19,20)/b18-17+. The number of benzene rings is 2. The molecule has 4 nitrogen and oxygen atoms in total. The van der Waals surface area contributed by atoms with Crippen LogP contribution in [0.3, 0.4) is 0 Å². The first-order valence-electron chi connectivity index (χ1n) is 6.56. The number of carboxylic acid groups (broad SMARTS) is 1. The first kappa shape index (κ1) is 15.3. The quantitative estimate of drug-likeness (QED) is 0.602. The highest BCUT2D eigenvalue weighted by Gasteiger charge is 2.01. The molecule has 0 radical (unpaired) electrons. The summed E-state index contributed by atoms with van der Waals surface area (Å²) in [4.78, 5) is 11.9. The van der Waals surface area contributed by atoms with Crippen LogP contribution in [0, 0.1) is 0 Å². The van der Waals surface area contributed by atoms with Gasteiger partial charge in [-0.1, -0.05) is 13.8 Å². The summed E-state index contributed by atoms with van der Waals surface area (Å²) in [6.07, 6.45) is 0. The molecule has 0 aromatic heterocycles. The number of thioether (sulfide) groups is 1. The lowest BCUT2D eigenvalue weighted by molar-refractivity contribution is 0.0697. The molecule has 21 heavy (non-hydrogen) atoms. The molecule has 0 saturated carbocycles. The molecular formula is C16H16N2O2S. The largest absolute Gasteiger partial charge is 0.478 e. The molecule has 1 N–H and O–H groups in total. The lowest BCUT2D eigenvalue weighted by Gasteiger charge is -2.03. The van der Waals surface area contributed by atoms with Crippen LogP contribution in [-0.4, -0.2) is 16.3 Å². The molecule has 0 spiro atoms. The van der Waals surface area contributed by atoms with Crippen molar-refractivity contribution >= 4 is 29.1 Å². The van der Waals surface area contributed by atoms with Crippen LogP contribution in [0.5, 0.6) is 0 Å². The Hall–Kier alpha value is -2.14. The van der Waals surface area contributed by atoms with E-state index < -0.39 is 5.97 Å². The van der Waals surface area contributed by atoms with E-state index in [-0.39, 0.29) is 5.56 Å². The molecule has 2 aromatic rings. The molecule has 0 atom stereocenters. The first-order chi connectivity index (χ1) is 10.0. The smallest absolute Gasteiger partial charge is 0.335 e. The van der Waals surface area contributed by atoms with Gasteiger partial charge in [0.05, 0.1) is 16.9 Å². The van der Waals surface area contributed by atoms with Crippen LogP contribution >= 0.6 is 11.8 Å². The van der Waals surface area contributed by atoms with Crippen LogP contribution in [0.25, 0.3) is 0 Å². The third-order valence-electron chi connectivity index (χ3n) is 2.60. The summed E-state index contributed by atoms with van der Waals surface area (Å²) < 4.78 is 0. The predicted molar refractivity (Wildman–Crippen MR) is 85.0 cm³/mol. The zero-order valence-corrected chi connectivity index (χ0v) is 12.7. The molecule has 0 aliphatic carbocycles. The summed E-state index contributed by atoms with van der Waals surface area (Å²) in [7, 11) is 0. The summed E-state index contributed by atoms with van der Waals surface area (Å²) in [5, 5.41) is 17.6. The van der Waals surface area contributed by atoms with Gasteiger partial charge >= 0.3 is 5.97 Å². The Balaban J connectivity index is 2.05. The van der Waals surface area contributed by atoms with Crippen LogP contribution in [0.2, 0.25) is 0 Å². The van der Waals surface area contributed by atoms with Crippen molar-refractivity contribution in [2.24, 2.45) is 10.2 Å². The van der Waals surface area contributed by atoms with Crippen molar-refractivity contribution < 1.29 is 9.90 Å².